The third-order valence-corrected chi connectivity index (χ3v) is 5.48. The number of carbonyl (C=O) groups excluding carboxylic acids is 2. The number of nitrogens with zero attached hydrogens (tertiary/aromatic N) is 1. The van der Waals surface area contributed by atoms with Gasteiger partial charge in [0.1, 0.15) is 0 Å². The molecule has 0 fully saturated rings. The molecule has 2 amide bonds. The Kier molecular flexibility index (Phi) is 6.59. The first-order valence-electron chi connectivity index (χ1n) is 9.59. The summed E-state index contributed by atoms with van der Waals surface area (Å²) in [6.07, 6.45) is 1.78. The Balaban J connectivity index is 1.77. The van der Waals surface area contributed by atoms with Gasteiger partial charge in [0.2, 0.25) is 5.91 Å². The molecule has 0 bridgehead atoms. The molecule has 148 valence electrons. The Hall–Kier alpha value is -2.09. The standard InChI is InChI=1S/C22H26IN3O2/c1-14(2)24-22(28)18-6-4-8-20-17(18)7-5-11-26(20)13-21(27)25-19-10-9-16(23)12-15(19)3/h4,6,8-10,12,14H,5,7,11,13H2,1-3H3,(H,24,28)(H,25,27). The third-order valence-electron chi connectivity index (χ3n) is 4.81. The molecule has 0 aromatic heterocycles. The number of carbonyl (C=O) groups is 2. The van der Waals surface area contributed by atoms with Crippen molar-refractivity contribution in [2.24, 2.45) is 0 Å². The molecule has 0 atom stereocenters. The van der Waals surface area contributed by atoms with E-state index in [0.29, 0.717) is 5.56 Å². The predicted molar refractivity (Wildman–Crippen MR) is 122 cm³/mol. The van der Waals surface area contributed by atoms with Gasteiger partial charge < -0.3 is 15.5 Å². The minimum atomic E-state index is -0.0485. The van der Waals surface area contributed by atoms with Gasteiger partial charge in [0, 0.05) is 33.1 Å². The second-order valence-corrected chi connectivity index (χ2v) is 8.71. The lowest BCUT2D eigenvalue weighted by molar-refractivity contribution is -0.115. The Morgan fingerprint density at radius 3 is 2.71 bits per heavy atom. The van der Waals surface area contributed by atoms with E-state index in [4.69, 9.17) is 0 Å². The highest BCUT2D eigenvalue weighted by atomic mass is 127. The summed E-state index contributed by atoms with van der Waals surface area (Å²) < 4.78 is 1.14. The highest BCUT2D eigenvalue weighted by Crippen LogP contribution is 2.30. The fourth-order valence-corrected chi connectivity index (χ4v) is 4.20. The fourth-order valence-electron chi connectivity index (χ4n) is 3.55. The summed E-state index contributed by atoms with van der Waals surface area (Å²) >= 11 is 2.26. The molecule has 1 heterocycles. The number of halogens is 1. The van der Waals surface area contributed by atoms with Crippen molar-refractivity contribution in [1.29, 1.82) is 0 Å². The molecular formula is C22H26IN3O2. The number of hydrogen-bond acceptors (Lipinski definition) is 3. The van der Waals surface area contributed by atoms with Crippen LogP contribution < -0.4 is 15.5 Å². The summed E-state index contributed by atoms with van der Waals surface area (Å²) in [5, 5.41) is 5.99. The number of rotatable bonds is 5. The van der Waals surface area contributed by atoms with Gasteiger partial charge in [-0.3, -0.25) is 9.59 Å². The minimum Gasteiger partial charge on any atom is -0.362 e. The fraction of sp³-hybridized carbons (Fsp3) is 0.364. The summed E-state index contributed by atoms with van der Waals surface area (Å²) in [5.41, 5.74) is 4.62. The lowest BCUT2D eigenvalue weighted by atomic mass is 9.95. The monoisotopic (exact) mass is 491 g/mol. The minimum absolute atomic E-state index is 0.0470. The van der Waals surface area contributed by atoms with E-state index in [1.807, 2.05) is 57.2 Å². The van der Waals surface area contributed by atoms with Crippen molar-refractivity contribution >= 4 is 45.8 Å². The van der Waals surface area contributed by atoms with Gasteiger partial charge in [-0.05, 0) is 97.7 Å². The van der Waals surface area contributed by atoms with Crippen molar-refractivity contribution < 1.29 is 9.59 Å². The molecule has 1 aliphatic heterocycles. The van der Waals surface area contributed by atoms with Gasteiger partial charge in [0.25, 0.3) is 5.91 Å². The Morgan fingerprint density at radius 1 is 1.21 bits per heavy atom. The van der Waals surface area contributed by atoms with Crippen LogP contribution >= 0.6 is 22.6 Å². The zero-order chi connectivity index (χ0) is 20.3. The average Bonchev–Trinajstić information content (AvgIpc) is 2.63. The van der Waals surface area contributed by atoms with Crippen LogP contribution in [0.4, 0.5) is 11.4 Å². The first kappa shape index (κ1) is 20.6. The molecule has 0 aliphatic carbocycles. The van der Waals surface area contributed by atoms with E-state index >= 15 is 0 Å². The topological polar surface area (TPSA) is 61.4 Å². The Morgan fingerprint density at radius 2 is 2.00 bits per heavy atom. The molecule has 2 aromatic rings. The Bertz CT molecular complexity index is 895. The van der Waals surface area contributed by atoms with Crippen LogP contribution in [0.1, 0.15) is 41.8 Å². The number of anilines is 2. The maximum atomic E-state index is 12.7. The SMILES string of the molecule is Cc1cc(I)ccc1NC(=O)CN1CCCc2c(C(=O)NC(C)C)cccc21. The maximum absolute atomic E-state index is 12.7. The van der Waals surface area contributed by atoms with E-state index < -0.39 is 0 Å². The lowest BCUT2D eigenvalue weighted by Gasteiger charge is -2.32. The molecule has 6 heteroatoms. The molecule has 5 nitrogen and oxygen atoms in total. The number of hydrogen-bond donors (Lipinski definition) is 2. The molecule has 0 radical (unpaired) electrons. The zero-order valence-electron chi connectivity index (χ0n) is 16.5. The van der Waals surface area contributed by atoms with Gasteiger partial charge in [-0.1, -0.05) is 6.07 Å². The summed E-state index contributed by atoms with van der Waals surface area (Å²) in [4.78, 5) is 27.3. The van der Waals surface area contributed by atoms with Crippen LogP contribution in [0.15, 0.2) is 36.4 Å². The molecule has 0 saturated carbocycles. The quantitative estimate of drug-likeness (QED) is 0.619. The van der Waals surface area contributed by atoms with Crippen molar-refractivity contribution in [3.05, 3.63) is 56.7 Å². The maximum Gasteiger partial charge on any atom is 0.251 e. The van der Waals surface area contributed by atoms with Crippen LogP contribution in [0.25, 0.3) is 0 Å². The van der Waals surface area contributed by atoms with E-state index in [1.165, 1.54) is 0 Å². The number of fused-ring (bicyclic) bond motifs is 1. The second kappa shape index (κ2) is 8.94. The molecule has 3 rings (SSSR count). The number of nitrogens with one attached hydrogen (secondary N) is 2. The Labute approximate surface area is 180 Å². The average molecular weight is 491 g/mol. The zero-order valence-corrected chi connectivity index (χ0v) is 18.7. The van der Waals surface area contributed by atoms with E-state index in [0.717, 1.165) is 45.5 Å². The second-order valence-electron chi connectivity index (χ2n) is 7.46. The highest BCUT2D eigenvalue weighted by molar-refractivity contribution is 14.1. The van der Waals surface area contributed by atoms with E-state index in [9.17, 15) is 9.59 Å². The molecule has 0 unspecified atom stereocenters. The summed E-state index contributed by atoms with van der Waals surface area (Å²) in [5.74, 6) is -0.0955. The first-order chi connectivity index (χ1) is 13.3. The first-order valence-corrected chi connectivity index (χ1v) is 10.7. The van der Waals surface area contributed by atoms with Crippen LogP contribution in [-0.2, 0) is 11.2 Å². The molecule has 28 heavy (non-hydrogen) atoms. The predicted octanol–water partition coefficient (Wildman–Crippen LogP) is 4.13. The summed E-state index contributed by atoms with van der Waals surface area (Å²) in [7, 11) is 0. The summed E-state index contributed by atoms with van der Waals surface area (Å²) in [6, 6.07) is 11.8. The van der Waals surface area contributed by atoms with Crippen LogP contribution in [0.3, 0.4) is 0 Å². The van der Waals surface area contributed by atoms with Crippen LogP contribution in [0.2, 0.25) is 0 Å². The van der Waals surface area contributed by atoms with Crippen molar-refractivity contribution in [1.82, 2.24) is 5.32 Å². The normalized spacial score (nSPS) is 13.2. The van der Waals surface area contributed by atoms with Crippen molar-refractivity contribution in [3.63, 3.8) is 0 Å². The van der Waals surface area contributed by atoms with Crippen LogP contribution in [0, 0.1) is 10.5 Å². The van der Waals surface area contributed by atoms with E-state index in [2.05, 4.69) is 38.1 Å². The molecule has 0 spiro atoms. The van der Waals surface area contributed by atoms with Gasteiger partial charge in [-0.25, -0.2) is 0 Å². The van der Waals surface area contributed by atoms with E-state index in [-0.39, 0.29) is 24.4 Å². The molecular weight excluding hydrogens is 465 g/mol. The largest absolute Gasteiger partial charge is 0.362 e. The highest BCUT2D eigenvalue weighted by Gasteiger charge is 2.24. The third kappa shape index (κ3) is 4.84. The van der Waals surface area contributed by atoms with Crippen molar-refractivity contribution in [2.75, 3.05) is 23.3 Å². The molecule has 2 aromatic carbocycles. The van der Waals surface area contributed by atoms with Gasteiger partial charge in [0.05, 0.1) is 6.54 Å². The number of amides is 2. The lowest BCUT2D eigenvalue weighted by Crippen LogP contribution is -2.38. The van der Waals surface area contributed by atoms with Crippen LogP contribution in [-0.4, -0.2) is 30.9 Å². The van der Waals surface area contributed by atoms with E-state index in [1.54, 1.807) is 0 Å². The van der Waals surface area contributed by atoms with Gasteiger partial charge in [0.15, 0.2) is 0 Å². The smallest absolute Gasteiger partial charge is 0.251 e. The van der Waals surface area contributed by atoms with Gasteiger partial charge >= 0.3 is 0 Å². The summed E-state index contributed by atoms with van der Waals surface area (Å²) in [6.45, 7) is 6.98. The van der Waals surface area contributed by atoms with Crippen molar-refractivity contribution in [3.8, 4) is 0 Å². The van der Waals surface area contributed by atoms with Gasteiger partial charge in [-0.2, -0.15) is 0 Å². The molecule has 1 aliphatic rings. The number of benzene rings is 2. The van der Waals surface area contributed by atoms with Crippen LogP contribution in [0.5, 0.6) is 0 Å². The van der Waals surface area contributed by atoms with Crippen molar-refractivity contribution in [2.45, 2.75) is 39.7 Å². The number of aryl methyl sites for hydroxylation is 1. The molecule has 2 N–H and O–H groups in total. The molecule has 0 saturated heterocycles. The van der Waals surface area contributed by atoms with Gasteiger partial charge in [-0.15, -0.1) is 0 Å².